The molecule has 1 aromatic rings. The Labute approximate surface area is 95.0 Å². The fourth-order valence-corrected chi connectivity index (χ4v) is 1.68. The molecule has 0 radical (unpaired) electrons. The van der Waals surface area contributed by atoms with Gasteiger partial charge in [0.05, 0.1) is 10.7 Å². The number of amides is 2. The summed E-state index contributed by atoms with van der Waals surface area (Å²) in [6.07, 6.45) is 0. The zero-order chi connectivity index (χ0) is 9.84. The Hall–Kier alpha value is -0.490. The minimum atomic E-state index is -0.275. The maximum atomic E-state index is 10.9. The molecule has 0 heterocycles. The summed E-state index contributed by atoms with van der Waals surface area (Å²) >= 11 is 8.04. The summed E-state index contributed by atoms with van der Waals surface area (Å²) in [6.45, 7) is 0. The van der Waals surface area contributed by atoms with E-state index < -0.39 is 0 Å². The van der Waals surface area contributed by atoms with Crippen LogP contribution in [-0.2, 0) is 0 Å². The average Bonchev–Trinajstić information content (AvgIpc) is 2.09. The SMILES string of the molecule is CNC(=O)Nc1ccc(I)cc1Cl. The lowest BCUT2D eigenvalue weighted by Gasteiger charge is -2.06. The molecule has 0 aromatic heterocycles. The van der Waals surface area contributed by atoms with Crippen molar-refractivity contribution >= 4 is 45.9 Å². The molecule has 2 amide bonds. The summed E-state index contributed by atoms with van der Waals surface area (Å²) in [5.74, 6) is 0. The van der Waals surface area contributed by atoms with Crippen molar-refractivity contribution in [1.29, 1.82) is 0 Å². The monoisotopic (exact) mass is 310 g/mol. The molecule has 0 atom stereocenters. The molecule has 0 aliphatic heterocycles. The largest absolute Gasteiger partial charge is 0.341 e. The maximum Gasteiger partial charge on any atom is 0.319 e. The quantitative estimate of drug-likeness (QED) is 0.769. The van der Waals surface area contributed by atoms with Crippen LogP contribution in [0, 0.1) is 3.57 Å². The van der Waals surface area contributed by atoms with Gasteiger partial charge in [0.25, 0.3) is 0 Å². The first-order valence-electron chi connectivity index (χ1n) is 3.57. The van der Waals surface area contributed by atoms with Crippen LogP contribution in [0.2, 0.25) is 5.02 Å². The Bertz CT molecular complexity index is 330. The highest BCUT2D eigenvalue weighted by Crippen LogP contribution is 2.23. The molecule has 2 N–H and O–H groups in total. The van der Waals surface area contributed by atoms with Crippen LogP contribution in [0.4, 0.5) is 10.5 Å². The van der Waals surface area contributed by atoms with E-state index in [1.807, 2.05) is 6.07 Å². The van der Waals surface area contributed by atoms with E-state index in [0.717, 1.165) is 3.57 Å². The van der Waals surface area contributed by atoms with Crippen molar-refractivity contribution < 1.29 is 4.79 Å². The number of urea groups is 1. The molecule has 1 rings (SSSR count). The normalized spacial score (nSPS) is 9.46. The van der Waals surface area contributed by atoms with Gasteiger partial charge in [-0.25, -0.2) is 4.79 Å². The second-order valence-corrected chi connectivity index (χ2v) is 3.98. The molecule has 1 aromatic carbocycles. The van der Waals surface area contributed by atoms with Crippen LogP contribution in [-0.4, -0.2) is 13.1 Å². The number of hydrogen-bond acceptors (Lipinski definition) is 1. The number of hydrogen-bond donors (Lipinski definition) is 2. The first-order chi connectivity index (χ1) is 6.13. The number of carbonyl (C=O) groups is 1. The van der Waals surface area contributed by atoms with Crippen LogP contribution in [0.3, 0.4) is 0 Å². The molecule has 0 aliphatic rings. The molecule has 0 saturated heterocycles. The lowest BCUT2D eigenvalue weighted by atomic mass is 10.3. The van der Waals surface area contributed by atoms with Crippen LogP contribution in [0.15, 0.2) is 18.2 Å². The molecule has 13 heavy (non-hydrogen) atoms. The topological polar surface area (TPSA) is 41.1 Å². The second-order valence-electron chi connectivity index (χ2n) is 2.33. The Balaban J connectivity index is 2.83. The van der Waals surface area contributed by atoms with E-state index in [4.69, 9.17) is 11.6 Å². The highest BCUT2D eigenvalue weighted by atomic mass is 127. The third-order valence-corrected chi connectivity index (χ3v) is 2.39. The Kier molecular flexibility index (Phi) is 3.80. The fourth-order valence-electron chi connectivity index (χ4n) is 0.776. The summed E-state index contributed by atoms with van der Waals surface area (Å²) in [5.41, 5.74) is 0.612. The van der Waals surface area contributed by atoms with Crippen LogP contribution in [0.25, 0.3) is 0 Å². The van der Waals surface area contributed by atoms with E-state index >= 15 is 0 Å². The van der Waals surface area contributed by atoms with Crippen LogP contribution < -0.4 is 10.6 Å². The van der Waals surface area contributed by atoms with Gasteiger partial charge in [0.1, 0.15) is 0 Å². The van der Waals surface area contributed by atoms with E-state index in [2.05, 4.69) is 33.2 Å². The molecule has 0 saturated carbocycles. The van der Waals surface area contributed by atoms with Crippen molar-refractivity contribution in [2.45, 2.75) is 0 Å². The number of carbonyl (C=O) groups excluding carboxylic acids is 1. The molecule has 0 bridgehead atoms. The lowest BCUT2D eigenvalue weighted by molar-refractivity contribution is 0.254. The van der Waals surface area contributed by atoms with Gasteiger partial charge < -0.3 is 10.6 Å². The smallest absolute Gasteiger partial charge is 0.319 e. The summed E-state index contributed by atoms with van der Waals surface area (Å²) in [4.78, 5) is 10.9. The molecule has 3 nitrogen and oxygen atoms in total. The highest BCUT2D eigenvalue weighted by Gasteiger charge is 2.03. The molecule has 5 heteroatoms. The molecular formula is C8H8ClIN2O. The summed E-state index contributed by atoms with van der Waals surface area (Å²) in [7, 11) is 1.55. The van der Waals surface area contributed by atoms with Crippen LogP contribution >= 0.6 is 34.2 Å². The minimum absolute atomic E-state index is 0.275. The summed E-state index contributed by atoms with van der Waals surface area (Å²) in [5, 5.41) is 5.58. The minimum Gasteiger partial charge on any atom is -0.341 e. The van der Waals surface area contributed by atoms with E-state index in [1.165, 1.54) is 0 Å². The third kappa shape index (κ3) is 3.04. The van der Waals surface area contributed by atoms with E-state index in [1.54, 1.807) is 19.2 Å². The van der Waals surface area contributed by atoms with Crippen LogP contribution in [0.1, 0.15) is 0 Å². The first-order valence-corrected chi connectivity index (χ1v) is 5.03. The van der Waals surface area contributed by atoms with Gasteiger partial charge >= 0.3 is 6.03 Å². The van der Waals surface area contributed by atoms with Gasteiger partial charge in [0.15, 0.2) is 0 Å². The van der Waals surface area contributed by atoms with E-state index in [0.29, 0.717) is 10.7 Å². The van der Waals surface area contributed by atoms with Gasteiger partial charge in [-0.1, -0.05) is 11.6 Å². The standard InChI is InChI=1S/C8H8ClIN2O/c1-11-8(13)12-7-3-2-5(10)4-6(7)9/h2-4H,1H3,(H2,11,12,13). The lowest BCUT2D eigenvalue weighted by Crippen LogP contribution is -2.24. The fraction of sp³-hybridized carbons (Fsp3) is 0.125. The highest BCUT2D eigenvalue weighted by molar-refractivity contribution is 14.1. The number of nitrogens with one attached hydrogen (secondary N) is 2. The van der Waals surface area contributed by atoms with Crippen molar-refractivity contribution in [3.8, 4) is 0 Å². The van der Waals surface area contributed by atoms with Gasteiger partial charge in [0.2, 0.25) is 0 Å². The predicted octanol–water partition coefficient (Wildman–Crippen LogP) is 2.70. The van der Waals surface area contributed by atoms with Gasteiger partial charge in [-0.05, 0) is 40.8 Å². The molecule has 0 aliphatic carbocycles. The predicted molar refractivity (Wildman–Crippen MR) is 62.2 cm³/mol. The van der Waals surface area contributed by atoms with Crippen LogP contribution in [0.5, 0.6) is 0 Å². The molecule has 0 fully saturated rings. The van der Waals surface area contributed by atoms with Crippen molar-refractivity contribution in [1.82, 2.24) is 5.32 Å². The van der Waals surface area contributed by atoms with E-state index in [9.17, 15) is 4.79 Å². The van der Waals surface area contributed by atoms with Crippen molar-refractivity contribution in [3.05, 3.63) is 26.8 Å². The van der Waals surface area contributed by atoms with Gasteiger partial charge in [-0.2, -0.15) is 0 Å². The Morgan fingerprint density at radius 2 is 2.23 bits per heavy atom. The molecule has 70 valence electrons. The summed E-state index contributed by atoms with van der Waals surface area (Å²) in [6, 6.07) is 5.15. The van der Waals surface area contributed by atoms with E-state index in [-0.39, 0.29) is 6.03 Å². The number of anilines is 1. The maximum absolute atomic E-state index is 10.9. The first kappa shape index (κ1) is 10.6. The van der Waals surface area contributed by atoms with Crippen molar-refractivity contribution in [2.24, 2.45) is 0 Å². The van der Waals surface area contributed by atoms with Crippen molar-refractivity contribution in [2.75, 3.05) is 12.4 Å². The third-order valence-electron chi connectivity index (χ3n) is 1.41. The second kappa shape index (κ2) is 4.66. The van der Waals surface area contributed by atoms with Gasteiger partial charge in [-0.3, -0.25) is 0 Å². The number of benzene rings is 1. The molecular weight excluding hydrogens is 302 g/mol. The molecule has 0 unspecified atom stereocenters. The Morgan fingerprint density at radius 1 is 1.54 bits per heavy atom. The van der Waals surface area contributed by atoms with Gasteiger partial charge in [0, 0.05) is 10.6 Å². The van der Waals surface area contributed by atoms with Crippen molar-refractivity contribution in [3.63, 3.8) is 0 Å². The Morgan fingerprint density at radius 3 is 2.77 bits per heavy atom. The average molecular weight is 311 g/mol. The number of halogens is 2. The molecule has 0 spiro atoms. The summed E-state index contributed by atoms with van der Waals surface area (Å²) < 4.78 is 1.03. The zero-order valence-electron chi connectivity index (χ0n) is 6.90. The number of rotatable bonds is 1. The van der Waals surface area contributed by atoms with Gasteiger partial charge in [-0.15, -0.1) is 0 Å². The zero-order valence-corrected chi connectivity index (χ0v) is 9.81.